The van der Waals surface area contributed by atoms with E-state index >= 15 is 0 Å². The first-order valence-electron chi connectivity index (χ1n) is 7.89. The Morgan fingerprint density at radius 3 is 2.52 bits per heavy atom. The third-order valence-electron chi connectivity index (χ3n) is 3.31. The summed E-state index contributed by atoms with van der Waals surface area (Å²) in [7, 11) is 1.98. The minimum absolute atomic E-state index is 0. The number of nitrogens with zero attached hydrogens (tertiary/aromatic N) is 2. The molecule has 1 aromatic rings. The number of rotatable bonds is 7. The Labute approximate surface area is 157 Å². The fraction of sp³-hybridized carbons (Fsp3) is 0.529. The molecule has 0 fully saturated rings. The molecule has 1 rings (SSSR count). The van der Waals surface area contributed by atoms with Gasteiger partial charge in [-0.25, -0.2) is 4.99 Å². The van der Waals surface area contributed by atoms with Gasteiger partial charge in [0, 0.05) is 26.7 Å². The number of benzene rings is 1. The summed E-state index contributed by atoms with van der Waals surface area (Å²) >= 11 is 0. The maximum Gasteiger partial charge on any atom is 0.241 e. The topological polar surface area (TPSA) is 56.7 Å². The Morgan fingerprint density at radius 1 is 1.22 bits per heavy atom. The molecule has 0 bridgehead atoms. The van der Waals surface area contributed by atoms with Crippen molar-refractivity contribution in [3.05, 3.63) is 35.4 Å². The third-order valence-corrected chi connectivity index (χ3v) is 3.31. The number of halogens is 1. The second kappa shape index (κ2) is 12.2. The van der Waals surface area contributed by atoms with E-state index in [0.717, 1.165) is 25.5 Å². The Balaban J connectivity index is 0.00000484. The lowest BCUT2D eigenvalue weighted by Crippen LogP contribution is -2.39. The van der Waals surface area contributed by atoms with Crippen LogP contribution < -0.4 is 10.6 Å². The lowest BCUT2D eigenvalue weighted by atomic mass is 10.1. The number of carbonyl (C=O) groups is 1. The summed E-state index contributed by atoms with van der Waals surface area (Å²) in [5.74, 6) is 0.707. The van der Waals surface area contributed by atoms with Crippen molar-refractivity contribution in [2.24, 2.45) is 4.99 Å². The van der Waals surface area contributed by atoms with Crippen molar-refractivity contribution < 1.29 is 4.79 Å². The first-order valence-corrected chi connectivity index (χ1v) is 7.89. The van der Waals surface area contributed by atoms with Crippen molar-refractivity contribution in [1.29, 1.82) is 0 Å². The van der Waals surface area contributed by atoms with Crippen LogP contribution in [0, 0.1) is 6.92 Å². The minimum Gasteiger partial charge on any atom is -0.357 e. The van der Waals surface area contributed by atoms with Crippen LogP contribution in [0.4, 0.5) is 0 Å². The zero-order chi connectivity index (χ0) is 16.4. The number of nitrogens with one attached hydrogen (secondary N) is 2. The first kappa shape index (κ1) is 21.7. The molecule has 130 valence electrons. The van der Waals surface area contributed by atoms with E-state index in [0.29, 0.717) is 6.54 Å². The summed E-state index contributed by atoms with van der Waals surface area (Å²) in [6.45, 7) is 8.54. The highest BCUT2D eigenvalue weighted by Crippen LogP contribution is 2.09. The molecule has 0 aliphatic carbocycles. The van der Waals surface area contributed by atoms with Crippen LogP contribution in [0.3, 0.4) is 0 Å². The largest absolute Gasteiger partial charge is 0.357 e. The predicted molar refractivity (Wildman–Crippen MR) is 107 cm³/mol. The summed E-state index contributed by atoms with van der Waals surface area (Å²) in [6.07, 6.45) is 0.933. The zero-order valence-electron chi connectivity index (χ0n) is 14.6. The molecule has 0 aliphatic rings. The molecule has 0 spiro atoms. The highest BCUT2D eigenvalue weighted by atomic mass is 127. The smallest absolute Gasteiger partial charge is 0.241 e. The number of carbonyl (C=O) groups excluding carboxylic acids is 1. The van der Waals surface area contributed by atoms with E-state index in [4.69, 9.17) is 0 Å². The highest BCUT2D eigenvalue weighted by Gasteiger charge is 2.08. The van der Waals surface area contributed by atoms with E-state index in [-0.39, 0.29) is 36.4 Å². The molecule has 1 amide bonds. The quantitative estimate of drug-likeness (QED) is 0.396. The Morgan fingerprint density at radius 2 is 1.91 bits per heavy atom. The molecular weight excluding hydrogens is 403 g/mol. The van der Waals surface area contributed by atoms with Gasteiger partial charge < -0.3 is 15.5 Å². The summed E-state index contributed by atoms with van der Waals surface area (Å²) in [5, 5.41) is 6.06. The standard InChI is InChI=1S/C17H28N4O.HI/c1-5-11-19-16(22)12-20-17(18-6-2)21(4)13-15-10-8-7-9-14(15)3;/h7-10H,5-6,11-13H2,1-4H3,(H,18,20)(H,19,22);1H. The molecule has 1 aromatic carbocycles. The molecule has 0 saturated carbocycles. The van der Waals surface area contributed by atoms with Crippen LogP contribution in [0.2, 0.25) is 0 Å². The van der Waals surface area contributed by atoms with Gasteiger partial charge >= 0.3 is 0 Å². The van der Waals surface area contributed by atoms with Gasteiger partial charge in [-0.3, -0.25) is 4.79 Å². The van der Waals surface area contributed by atoms with Crippen molar-refractivity contribution in [1.82, 2.24) is 15.5 Å². The summed E-state index contributed by atoms with van der Waals surface area (Å²) in [6, 6.07) is 8.30. The van der Waals surface area contributed by atoms with Crippen molar-refractivity contribution in [2.45, 2.75) is 33.7 Å². The molecule has 0 heterocycles. The summed E-state index contributed by atoms with van der Waals surface area (Å²) < 4.78 is 0. The fourth-order valence-corrected chi connectivity index (χ4v) is 2.05. The van der Waals surface area contributed by atoms with Gasteiger partial charge in [-0.2, -0.15) is 0 Å². The summed E-state index contributed by atoms with van der Waals surface area (Å²) in [4.78, 5) is 18.1. The van der Waals surface area contributed by atoms with E-state index in [9.17, 15) is 4.79 Å². The Hall–Kier alpha value is -1.31. The lowest BCUT2D eigenvalue weighted by Gasteiger charge is -2.23. The van der Waals surface area contributed by atoms with Crippen LogP contribution in [0.25, 0.3) is 0 Å². The van der Waals surface area contributed by atoms with E-state index in [1.165, 1.54) is 11.1 Å². The predicted octanol–water partition coefficient (Wildman–Crippen LogP) is 2.54. The van der Waals surface area contributed by atoms with Crippen molar-refractivity contribution >= 4 is 35.8 Å². The van der Waals surface area contributed by atoms with Crippen LogP contribution in [0.5, 0.6) is 0 Å². The molecular formula is C17H29IN4O. The van der Waals surface area contributed by atoms with Crippen molar-refractivity contribution in [2.75, 3.05) is 26.7 Å². The van der Waals surface area contributed by atoms with E-state index in [2.05, 4.69) is 34.7 Å². The van der Waals surface area contributed by atoms with Crippen LogP contribution in [0.1, 0.15) is 31.4 Å². The van der Waals surface area contributed by atoms with Crippen molar-refractivity contribution in [3.63, 3.8) is 0 Å². The number of aryl methyl sites for hydroxylation is 1. The van der Waals surface area contributed by atoms with Crippen LogP contribution in [0.15, 0.2) is 29.3 Å². The second-order valence-corrected chi connectivity index (χ2v) is 5.30. The van der Waals surface area contributed by atoms with Gasteiger partial charge in [-0.15, -0.1) is 24.0 Å². The van der Waals surface area contributed by atoms with E-state index in [1.807, 2.05) is 37.9 Å². The number of guanidine groups is 1. The average Bonchev–Trinajstić information content (AvgIpc) is 2.51. The van der Waals surface area contributed by atoms with Gasteiger partial charge in [0.05, 0.1) is 0 Å². The van der Waals surface area contributed by atoms with E-state index < -0.39 is 0 Å². The maximum absolute atomic E-state index is 11.7. The highest BCUT2D eigenvalue weighted by molar-refractivity contribution is 14.0. The van der Waals surface area contributed by atoms with Gasteiger partial charge in [0.15, 0.2) is 5.96 Å². The van der Waals surface area contributed by atoms with E-state index in [1.54, 1.807) is 0 Å². The monoisotopic (exact) mass is 432 g/mol. The number of amides is 1. The van der Waals surface area contributed by atoms with Gasteiger partial charge in [0.2, 0.25) is 5.91 Å². The van der Waals surface area contributed by atoms with Gasteiger partial charge in [-0.1, -0.05) is 31.2 Å². The van der Waals surface area contributed by atoms with Crippen LogP contribution in [-0.4, -0.2) is 43.4 Å². The molecule has 2 N–H and O–H groups in total. The molecule has 0 atom stereocenters. The summed E-state index contributed by atoms with van der Waals surface area (Å²) in [5.41, 5.74) is 2.51. The molecule has 0 aliphatic heterocycles. The molecule has 6 heteroatoms. The first-order chi connectivity index (χ1) is 10.6. The molecule has 23 heavy (non-hydrogen) atoms. The number of hydrogen-bond acceptors (Lipinski definition) is 2. The SMILES string of the molecule is CCCNC(=O)CN=C(NCC)N(C)Cc1ccccc1C.I. The number of hydrogen-bond donors (Lipinski definition) is 2. The minimum atomic E-state index is -0.0402. The normalized spacial score (nSPS) is 10.7. The van der Waals surface area contributed by atoms with Gasteiger partial charge in [0.25, 0.3) is 0 Å². The Kier molecular flexibility index (Phi) is 11.5. The van der Waals surface area contributed by atoms with Crippen molar-refractivity contribution in [3.8, 4) is 0 Å². The second-order valence-electron chi connectivity index (χ2n) is 5.30. The molecule has 0 radical (unpaired) electrons. The fourth-order valence-electron chi connectivity index (χ4n) is 2.05. The van der Waals surface area contributed by atoms with Crippen LogP contribution in [-0.2, 0) is 11.3 Å². The van der Waals surface area contributed by atoms with Gasteiger partial charge in [0.1, 0.15) is 6.54 Å². The number of aliphatic imine (C=N–C) groups is 1. The average molecular weight is 432 g/mol. The molecule has 0 saturated heterocycles. The molecule has 0 aromatic heterocycles. The maximum atomic E-state index is 11.7. The zero-order valence-corrected chi connectivity index (χ0v) is 16.9. The van der Waals surface area contributed by atoms with Crippen LogP contribution >= 0.6 is 24.0 Å². The molecule has 0 unspecified atom stereocenters. The Bertz CT molecular complexity index is 505. The lowest BCUT2D eigenvalue weighted by molar-refractivity contribution is -0.119. The van der Waals surface area contributed by atoms with Gasteiger partial charge in [-0.05, 0) is 31.4 Å². The third kappa shape index (κ3) is 8.20. The molecule has 5 nitrogen and oxygen atoms in total.